The normalized spacial score (nSPS) is 21.3. The molecular formula is C11H13FN2O. The van der Waals surface area contributed by atoms with E-state index in [2.05, 4.69) is 10.6 Å². The van der Waals surface area contributed by atoms with Crippen LogP contribution in [0, 0.1) is 5.82 Å². The van der Waals surface area contributed by atoms with Crippen molar-refractivity contribution < 1.29 is 9.18 Å². The first-order valence-electron chi connectivity index (χ1n) is 5.01. The number of carbonyl (C=O) groups excluding carboxylic acids is 1. The predicted molar refractivity (Wildman–Crippen MR) is 55.4 cm³/mol. The Morgan fingerprint density at radius 1 is 1.27 bits per heavy atom. The van der Waals surface area contributed by atoms with E-state index in [1.807, 2.05) is 0 Å². The molecule has 0 aliphatic carbocycles. The van der Waals surface area contributed by atoms with Crippen LogP contribution in [-0.2, 0) is 0 Å². The van der Waals surface area contributed by atoms with Gasteiger partial charge in [0.2, 0.25) is 0 Å². The minimum Gasteiger partial charge on any atom is -0.313 e. The average Bonchev–Trinajstić information content (AvgIpc) is 2.30. The lowest BCUT2D eigenvalue weighted by molar-refractivity contribution is 0.0934. The summed E-state index contributed by atoms with van der Waals surface area (Å²) in [6, 6.07) is 5.47. The molecule has 0 spiro atoms. The van der Waals surface area contributed by atoms with Gasteiger partial charge in [0.1, 0.15) is 5.82 Å². The van der Waals surface area contributed by atoms with E-state index in [1.54, 1.807) is 0 Å². The lowest BCUT2D eigenvalue weighted by atomic mass is 10.0. The largest absolute Gasteiger partial charge is 0.313 e. The molecule has 1 saturated heterocycles. The number of Topliss-reactive ketones (excluding diaryl/α,β-unsaturated/α-hetero) is 1. The van der Waals surface area contributed by atoms with Crippen LogP contribution in [-0.4, -0.2) is 31.5 Å². The predicted octanol–water partition coefficient (Wildman–Crippen LogP) is 0.570. The van der Waals surface area contributed by atoms with Crippen molar-refractivity contribution in [2.45, 2.75) is 6.04 Å². The maximum atomic E-state index is 12.7. The molecule has 0 saturated carbocycles. The summed E-state index contributed by atoms with van der Waals surface area (Å²) in [4.78, 5) is 11.9. The summed E-state index contributed by atoms with van der Waals surface area (Å²) < 4.78 is 12.7. The highest BCUT2D eigenvalue weighted by Crippen LogP contribution is 2.06. The number of nitrogens with one attached hydrogen (secondary N) is 2. The van der Waals surface area contributed by atoms with Gasteiger partial charge in [-0.05, 0) is 24.3 Å². The van der Waals surface area contributed by atoms with Gasteiger partial charge in [-0.3, -0.25) is 4.79 Å². The van der Waals surface area contributed by atoms with E-state index in [1.165, 1.54) is 24.3 Å². The number of carbonyl (C=O) groups is 1. The number of hydrogen-bond donors (Lipinski definition) is 2. The Kier molecular flexibility index (Phi) is 3.08. The van der Waals surface area contributed by atoms with Crippen LogP contribution < -0.4 is 10.6 Å². The number of benzene rings is 1. The first-order chi connectivity index (χ1) is 7.27. The second-order valence-electron chi connectivity index (χ2n) is 3.58. The third-order valence-electron chi connectivity index (χ3n) is 2.49. The topological polar surface area (TPSA) is 41.1 Å². The van der Waals surface area contributed by atoms with Gasteiger partial charge in [0.25, 0.3) is 0 Å². The molecule has 0 unspecified atom stereocenters. The van der Waals surface area contributed by atoms with Gasteiger partial charge in [-0.15, -0.1) is 0 Å². The molecule has 1 aromatic carbocycles. The van der Waals surface area contributed by atoms with Crippen LogP contribution in [0.2, 0.25) is 0 Å². The van der Waals surface area contributed by atoms with Crippen LogP contribution in [0.3, 0.4) is 0 Å². The second-order valence-corrected chi connectivity index (χ2v) is 3.58. The number of hydrogen-bond acceptors (Lipinski definition) is 3. The molecule has 0 aromatic heterocycles. The van der Waals surface area contributed by atoms with Gasteiger partial charge in [-0.2, -0.15) is 0 Å². The third-order valence-corrected chi connectivity index (χ3v) is 2.49. The van der Waals surface area contributed by atoms with E-state index in [0.29, 0.717) is 12.1 Å². The van der Waals surface area contributed by atoms with Crippen LogP contribution in [0.4, 0.5) is 4.39 Å². The summed E-state index contributed by atoms with van der Waals surface area (Å²) in [5, 5.41) is 6.27. The maximum Gasteiger partial charge on any atom is 0.181 e. The van der Waals surface area contributed by atoms with Gasteiger partial charge >= 0.3 is 0 Å². The van der Waals surface area contributed by atoms with Gasteiger partial charge in [-0.25, -0.2) is 4.39 Å². The van der Waals surface area contributed by atoms with Crippen LogP contribution in [0.1, 0.15) is 10.4 Å². The van der Waals surface area contributed by atoms with Gasteiger partial charge < -0.3 is 10.6 Å². The van der Waals surface area contributed by atoms with Crippen LogP contribution >= 0.6 is 0 Å². The van der Waals surface area contributed by atoms with Gasteiger partial charge in [0, 0.05) is 25.2 Å². The zero-order valence-electron chi connectivity index (χ0n) is 8.29. The minimum atomic E-state index is -0.318. The van der Waals surface area contributed by atoms with Gasteiger partial charge in [0.05, 0.1) is 6.04 Å². The molecule has 1 aliphatic heterocycles. The molecular weight excluding hydrogens is 195 g/mol. The molecule has 0 bridgehead atoms. The quantitative estimate of drug-likeness (QED) is 0.698. The zero-order valence-corrected chi connectivity index (χ0v) is 8.29. The Balaban J connectivity index is 2.09. The van der Waals surface area contributed by atoms with Crippen molar-refractivity contribution in [3.05, 3.63) is 35.6 Å². The highest BCUT2D eigenvalue weighted by molar-refractivity contribution is 6.00. The molecule has 3 nitrogen and oxygen atoms in total. The Hall–Kier alpha value is -1.26. The lowest BCUT2D eigenvalue weighted by Gasteiger charge is -2.23. The summed E-state index contributed by atoms with van der Waals surface area (Å²) in [5.41, 5.74) is 0.553. The maximum absolute atomic E-state index is 12.7. The number of piperazine rings is 1. The van der Waals surface area contributed by atoms with Gasteiger partial charge in [0.15, 0.2) is 5.78 Å². The van der Waals surface area contributed by atoms with Crippen molar-refractivity contribution in [3.63, 3.8) is 0 Å². The summed E-state index contributed by atoms with van der Waals surface area (Å²) in [5.74, 6) is -0.302. The average molecular weight is 208 g/mol. The first-order valence-corrected chi connectivity index (χ1v) is 5.01. The smallest absolute Gasteiger partial charge is 0.181 e. The second kappa shape index (κ2) is 4.51. The minimum absolute atomic E-state index is 0.0159. The Labute approximate surface area is 87.7 Å². The molecule has 4 heteroatoms. The molecule has 1 heterocycles. The molecule has 2 N–H and O–H groups in total. The van der Waals surface area contributed by atoms with E-state index < -0.39 is 0 Å². The molecule has 0 amide bonds. The number of rotatable bonds is 2. The van der Waals surface area contributed by atoms with E-state index in [-0.39, 0.29) is 17.6 Å². The molecule has 1 aromatic rings. The van der Waals surface area contributed by atoms with Crippen LogP contribution in [0.25, 0.3) is 0 Å². The van der Waals surface area contributed by atoms with Crippen molar-refractivity contribution in [1.29, 1.82) is 0 Å². The van der Waals surface area contributed by atoms with Crippen molar-refractivity contribution in [2.24, 2.45) is 0 Å². The summed E-state index contributed by atoms with van der Waals surface area (Å²) in [6.07, 6.45) is 0. The van der Waals surface area contributed by atoms with Crippen molar-refractivity contribution in [2.75, 3.05) is 19.6 Å². The Bertz CT molecular complexity index is 344. The molecule has 80 valence electrons. The highest BCUT2D eigenvalue weighted by Gasteiger charge is 2.21. The summed E-state index contributed by atoms with van der Waals surface area (Å²) >= 11 is 0. The summed E-state index contributed by atoms with van der Waals surface area (Å²) in [6.45, 7) is 2.31. The van der Waals surface area contributed by atoms with Gasteiger partial charge in [-0.1, -0.05) is 0 Å². The van der Waals surface area contributed by atoms with Crippen LogP contribution in [0.15, 0.2) is 24.3 Å². The van der Waals surface area contributed by atoms with Crippen molar-refractivity contribution >= 4 is 5.78 Å². The molecule has 2 rings (SSSR count). The fraction of sp³-hybridized carbons (Fsp3) is 0.364. The van der Waals surface area contributed by atoms with E-state index >= 15 is 0 Å². The monoisotopic (exact) mass is 208 g/mol. The van der Waals surface area contributed by atoms with E-state index in [9.17, 15) is 9.18 Å². The summed E-state index contributed by atoms with van der Waals surface area (Å²) in [7, 11) is 0. The number of halogens is 1. The van der Waals surface area contributed by atoms with Crippen molar-refractivity contribution in [3.8, 4) is 0 Å². The molecule has 1 aliphatic rings. The molecule has 0 radical (unpaired) electrons. The molecule has 1 fully saturated rings. The van der Waals surface area contributed by atoms with Crippen molar-refractivity contribution in [1.82, 2.24) is 10.6 Å². The van der Waals surface area contributed by atoms with Crippen LogP contribution in [0.5, 0.6) is 0 Å². The van der Waals surface area contributed by atoms with E-state index in [4.69, 9.17) is 0 Å². The third kappa shape index (κ3) is 2.40. The lowest BCUT2D eigenvalue weighted by Crippen LogP contribution is -2.52. The molecule has 1 atom stereocenters. The Morgan fingerprint density at radius 2 is 2.00 bits per heavy atom. The number of ketones is 1. The molecule has 15 heavy (non-hydrogen) atoms. The fourth-order valence-corrected chi connectivity index (χ4v) is 1.65. The van der Waals surface area contributed by atoms with E-state index in [0.717, 1.165) is 13.1 Å². The SMILES string of the molecule is O=C(c1ccc(F)cc1)[C@H]1CNCCN1. The first kappa shape index (κ1) is 10.3. The highest BCUT2D eigenvalue weighted by atomic mass is 19.1. The fourth-order valence-electron chi connectivity index (χ4n) is 1.65. The Morgan fingerprint density at radius 3 is 2.60 bits per heavy atom. The standard InChI is InChI=1S/C11H13FN2O/c12-9-3-1-8(2-4-9)11(15)10-7-13-5-6-14-10/h1-4,10,13-14H,5-7H2/t10-/m1/s1. The zero-order chi connectivity index (χ0) is 10.7.